The highest BCUT2D eigenvalue weighted by Crippen LogP contribution is 2.16. The van der Waals surface area contributed by atoms with E-state index in [-0.39, 0.29) is 5.84 Å². The molecule has 0 amide bonds. The maximum absolute atomic E-state index is 8.71. The van der Waals surface area contributed by atoms with E-state index in [1.54, 1.807) is 0 Å². The SMILES string of the molecule is CCC1CN(Cc2ccc(/C(N)=N/O)cc2C)CCO1. The first kappa shape index (κ1) is 14.8. The van der Waals surface area contributed by atoms with E-state index in [4.69, 9.17) is 15.7 Å². The molecule has 1 heterocycles. The van der Waals surface area contributed by atoms with Crippen LogP contribution < -0.4 is 5.73 Å². The van der Waals surface area contributed by atoms with Gasteiger partial charge in [-0.3, -0.25) is 4.90 Å². The van der Waals surface area contributed by atoms with E-state index in [0.29, 0.717) is 6.10 Å². The van der Waals surface area contributed by atoms with Gasteiger partial charge in [0.25, 0.3) is 0 Å². The standard InChI is InChI=1S/C15H23N3O2/c1-3-14-10-18(6-7-20-14)9-13-5-4-12(8-11(13)2)15(16)17-19/h4-5,8,14,19H,3,6-7,9-10H2,1-2H3,(H2,16,17). The first-order chi connectivity index (χ1) is 9.63. The summed E-state index contributed by atoms with van der Waals surface area (Å²) in [5, 5.41) is 11.7. The highest BCUT2D eigenvalue weighted by Gasteiger charge is 2.19. The van der Waals surface area contributed by atoms with Crippen molar-refractivity contribution in [3.63, 3.8) is 0 Å². The van der Waals surface area contributed by atoms with Crippen LogP contribution in [0.25, 0.3) is 0 Å². The molecule has 1 aliphatic heterocycles. The van der Waals surface area contributed by atoms with Crippen molar-refractivity contribution >= 4 is 5.84 Å². The summed E-state index contributed by atoms with van der Waals surface area (Å²) >= 11 is 0. The average molecular weight is 277 g/mol. The van der Waals surface area contributed by atoms with Gasteiger partial charge in [-0.15, -0.1) is 0 Å². The third-order valence-electron chi connectivity index (χ3n) is 3.82. The number of hydrogen-bond acceptors (Lipinski definition) is 4. The fraction of sp³-hybridized carbons (Fsp3) is 0.533. The van der Waals surface area contributed by atoms with Crippen molar-refractivity contribution < 1.29 is 9.94 Å². The number of nitrogens with zero attached hydrogens (tertiary/aromatic N) is 2. The summed E-state index contributed by atoms with van der Waals surface area (Å²) in [7, 11) is 0. The van der Waals surface area contributed by atoms with E-state index in [1.807, 2.05) is 12.1 Å². The maximum atomic E-state index is 8.71. The summed E-state index contributed by atoms with van der Waals surface area (Å²) in [5.74, 6) is 0.150. The van der Waals surface area contributed by atoms with Crippen LogP contribution in [0.3, 0.4) is 0 Å². The summed E-state index contributed by atoms with van der Waals surface area (Å²) in [6.45, 7) is 7.89. The predicted octanol–water partition coefficient (Wildman–Crippen LogP) is 1.70. The Hall–Kier alpha value is -1.59. The first-order valence-corrected chi connectivity index (χ1v) is 7.05. The monoisotopic (exact) mass is 277 g/mol. The number of amidine groups is 1. The van der Waals surface area contributed by atoms with Gasteiger partial charge in [0.1, 0.15) is 0 Å². The molecule has 3 N–H and O–H groups in total. The minimum absolute atomic E-state index is 0.150. The Bertz CT molecular complexity index is 488. The lowest BCUT2D eigenvalue weighted by Crippen LogP contribution is -2.41. The zero-order chi connectivity index (χ0) is 14.5. The smallest absolute Gasteiger partial charge is 0.170 e. The maximum Gasteiger partial charge on any atom is 0.170 e. The molecule has 2 rings (SSSR count). The van der Waals surface area contributed by atoms with Gasteiger partial charge in [0.05, 0.1) is 12.7 Å². The van der Waals surface area contributed by atoms with Gasteiger partial charge in [-0.2, -0.15) is 0 Å². The van der Waals surface area contributed by atoms with Crippen LogP contribution in [0.4, 0.5) is 0 Å². The third kappa shape index (κ3) is 3.49. The molecule has 0 aliphatic carbocycles. The Morgan fingerprint density at radius 3 is 3.00 bits per heavy atom. The second-order valence-electron chi connectivity index (χ2n) is 5.26. The quantitative estimate of drug-likeness (QED) is 0.380. The predicted molar refractivity (Wildman–Crippen MR) is 79.0 cm³/mol. The van der Waals surface area contributed by atoms with E-state index in [0.717, 1.165) is 43.8 Å². The highest BCUT2D eigenvalue weighted by molar-refractivity contribution is 5.97. The topological polar surface area (TPSA) is 71.1 Å². The number of aryl methyl sites for hydroxylation is 1. The van der Waals surface area contributed by atoms with Gasteiger partial charge in [-0.1, -0.05) is 24.2 Å². The molecule has 20 heavy (non-hydrogen) atoms. The molecule has 1 fully saturated rings. The average Bonchev–Trinajstić information content (AvgIpc) is 2.48. The van der Waals surface area contributed by atoms with Crippen LogP contribution in [0.1, 0.15) is 30.0 Å². The molecule has 0 aromatic heterocycles. The minimum Gasteiger partial charge on any atom is -0.409 e. The number of morpholine rings is 1. The van der Waals surface area contributed by atoms with Crippen LogP contribution in [-0.4, -0.2) is 41.7 Å². The normalized spacial score (nSPS) is 21.1. The van der Waals surface area contributed by atoms with Crippen molar-refractivity contribution in [2.45, 2.75) is 32.9 Å². The molecule has 0 radical (unpaired) electrons. The molecule has 1 atom stereocenters. The van der Waals surface area contributed by atoms with Gasteiger partial charge in [0.15, 0.2) is 5.84 Å². The molecule has 5 heteroatoms. The Morgan fingerprint density at radius 2 is 2.35 bits per heavy atom. The summed E-state index contributed by atoms with van der Waals surface area (Å²) in [4.78, 5) is 2.42. The van der Waals surface area contributed by atoms with Crippen molar-refractivity contribution in [2.24, 2.45) is 10.9 Å². The Balaban J connectivity index is 2.06. The van der Waals surface area contributed by atoms with Gasteiger partial charge in [-0.25, -0.2) is 0 Å². The van der Waals surface area contributed by atoms with Gasteiger partial charge in [0, 0.05) is 25.2 Å². The largest absolute Gasteiger partial charge is 0.409 e. The Morgan fingerprint density at radius 1 is 1.55 bits per heavy atom. The molecule has 0 saturated carbocycles. The minimum atomic E-state index is 0.150. The number of benzene rings is 1. The Kier molecular flexibility index (Phi) is 4.98. The molecule has 1 saturated heterocycles. The highest BCUT2D eigenvalue weighted by atomic mass is 16.5. The van der Waals surface area contributed by atoms with Gasteiger partial charge in [0.2, 0.25) is 0 Å². The van der Waals surface area contributed by atoms with Crippen LogP contribution in [0.2, 0.25) is 0 Å². The van der Waals surface area contributed by atoms with Crippen LogP contribution in [0.5, 0.6) is 0 Å². The second-order valence-corrected chi connectivity index (χ2v) is 5.26. The molecule has 0 spiro atoms. The molecular formula is C15H23N3O2. The van der Waals surface area contributed by atoms with Crippen molar-refractivity contribution in [1.29, 1.82) is 0 Å². The fourth-order valence-electron chi connectivity index (χ4n) is 2.50. The Labute approximate surface area is 120 Å². The van der Waals surface area contributed by atoms with E-state index < -0.39 is 0 Å². The molecule has 5 nitrogen and oxygen atoms in total. The zero-order valence-electron chi connectivity index (χ0n) is 12.2. The molecule has 1 aliphatic rings. The van der Waals surface area contributed by atoms with Gasteiger partial charge < -0.3 is 15.7 Å². The lowest BCUT2D eigenvalue weighted by Gasteiger charge is -2.32. The van der Waals surface area contributed by atoms with Crippen LogP contribution >= 0.6 is 0 Å². The van der Waals surface area contributed by atoms with Gasteiger partial charge >= 0.3 is 0 Å². The summed E-state index contributed by atoms with van der Waals surface area (Å²) < 4.78 is 5.69. The lowest BCUT2D eigenvalue weighted by atomic mass is 10.0. The zero-order valence-corrected chi connectivity index (χ0v) is 12.2. The number of oxime groups is 1. The summed E-state index contributed by atoms with van der Waals surface area (Å²) in [5.41, 5.74) is 8.79. The number of hydrogen-bond donors (Lipinski definition) is 2. The lowest BCUT2D eigenvalue weighted by molar-refractivity contribution is -0.0325. The fourth-order valence-corrected chi connectivity index (χ4v) is 2.50. The summed E-state index contributed by atoms with van der Waals surface area (Å²) in [6, 6.07) is 5.91. The number of rotatable bonds is 4. The van der Waals surface area contributed by atoms with Crippen molar-refractivity contribution in [3.05, 3.63) is 34.9 Å². The molecule has 0 bridgehead atoms. The van der Waals surface area contributed by atoms with Crippen LogP contribution in [0.15, 0.2) is 23.4 Å². The van der Waals surface area contributed by atoms with Crippen LogP contribution in [-0.2, 0) is 11.3 Å². The summed E-state index contributed by atoms with van der Waals surface area (Å²) in [6.07, 6.45) is 1.40. The molecule has 1 aromatic carbocycles. The third-order valence-corrected chi connectivity index (χ3v) is 3.82. The number of ether oxygens (including phenoxy) is 1. The molecular weight excluding hydrogens is 254 g/mol. The van der Waals surface area contributed by atoms with E-state index in [2.05, 4.69) is 30.0 Å². The van der Waals surface area contributed by atoms with Crippen molar-refractivity contribution in [2.75, 3.05) is 19.7 Å². The van der Waals surface area contributed by atoms with E-state index in [1.165, 1.54) is 5.56 Å². The molecule has 110 valence electrons. The van der Waals surface area contributed by atoms with E-state index >= 15 is 0 Å². The first-order valence-electron chi connectivity index (χ1n) is 7.05. The van der Waals surface area contributed by atoms with Crippen molar-refractivity contribution in [1.82, 2.24) is 4.90 Å². The molecule has 1 unspecified atom stereocenters. The van der Waals surface area contributed by atoms with Crippen LogP contribution in [0, 0.1) is 6.92 Å². The second kappa shape index (κ2) is 6.72. The molecule has 1 aromatic rings. The number of nitrogens with two attached hydrogens (primary N) is 1. The van der Waals surface area contributed by atoms with Crippen molar-refractivity contribution in [3.8, 4) is 0 Å². The van der Waals surface area contributed by atoms with Gasteiger partial charge in [-0.05, 0) is 30.5 Å². The van der Waals surface area contributed by atoms with E-state index in [9.17, 15) is 0 Å².